The predicted molar refractivity (Wildman–Crippen MR) is 66.1 cm³/mol. The van der Waals surface area contributed by atoms with Gasteiger partial charge in [0, 0.05) is 17.7 Å². The average Bonchev–Trinajstić information content (AvgIpc) is 2.54. The van der Waals surface area contributed by atoms with Crippen LogP contribution in [-0.4, -0.2) is 20.4 Å². The van der Waals surface area contributed by atoms with Gasteiger partial charge >= 0.3 is 0 Å². The molecule has 2 N–H and O–H groups in total. The third-order valence-corrected chi connectivity index (χ3v) is 2.17. The van der Waals surface area contributed by atoms with Crippen molar-refractivity contribution in [2.45, 2.75) is 26.3 Å². The van der Waals surface area contributed by atoms with Crippen molar-refractivity contribution in [3.05, 3.63) is 28.3 Å². The molecule has 0 bridgehead atoms. The number of benzene rings is 1. The van der Waals surface area contributed by atoms with Crippen molar-refractivity contribution in [1.82, 2.24) is 9.97 Å². The van der Waals surface area contributed by atoms with Crippen LogP contribution < -0.4 is 5.32 Å². The maximum Gasteiger partial charge on any atom is 0.271 e. The van der Waals surface area contributed by atoms with Crippen molar-refractivity contribution in [3.63, 3.8) is 0 Å². The summed E-state index contributed by atoms with van der Waals surface area (Å²) < 4.78 is 0. The zero-order valence-electron chi connectivity index (χ0n) is 9.94. The Bertz CT molecular complexity index is 568. The molecule has 0 aliphatic carbocycles. The Kier molecular flexibility index (Phi) is 2.49. The number of anilines is 1. The van der Waals surface area contributed by atoms with Crippen molar-refractivity contribution in [2.75, 3.05) is 5.32 Å². The molecule has 0 aliphatic rings. The van der Waals surface area contributed by atoms with Crippen LogP contribution in [0.3, 0.4) is 0 Å². The van der Waals surface area contributed by atoms with E-state index in [9.17, 15) is 10.1 Å². The van der Waals surface area contributed by atoms with Gasteiger partial charge in [0.15, 0.2) is 0 Å². The van der Waals surface area contributed by atoms with E-state index < -0.39 is 4.92 Å². The van der Waals surface area contributed by atoms with Gasteiger partial charge in [0.25, 0.3) is 5.69 Å². The largest absolute Gasteiger partial charge is 0.351 e. The number of nitrogens with one attached hydrogen (secondary N) is 2. The second kappa shape index (κ2) is 3.73. The van der Waals surface area contributed by atoms with Gasteiger partial charge < -0.3 is 10.3 Å². The third-order valence-electron chi connectivity index (χ3n) is 2.17. The number of H-pyrrole nitrogens is 1. The number of nitro benzene ring substituents is 1. The van der Waals surface area contributed by atoms with E-state index in [2.05, 4.69) is 15.3 Å². The van der Waals surface area contributed by atoms with Crippen LogP contribution in [0.2, 0.25) is 0 Å². The number of fused-ring (bicyclic) bond motifs is 1. The standard InChI is InChI=1S/C11H14N4O2/c1-11(2,3)14-10-12-8-5-4-7(15(16)17)6-9(8)13-10/h4-6H,1-3H3,(H2,12,13,14). The first-order chi connectivity index (χ1) is 7.85. The number of hydrogen-bond donors (Lipinski definition) is 2. The van der Waals surface area contributed by atoms with Gasteiger partial charge in [0.1, 0.15) is 0 Å². The minimum Gasteiger partial charge on any atom is -0.351 e. The van der Waals surface area contributed by atoms with Crippen molar-refractivity contribution in [2.24, 2.45) is 0 Å². The third kappa shape index (κ3) is 2.52. The second-order valence-electron chi connectivity index (χ2n) is 4.92. The molecule has 0 fully saturated rings. The normalized spacial score (nSPS) is 11.7. The highest BCUT2D eigenvalue weighted by Gasteiger charge is 2.13. The number of nitrogens with zero attached hydrogens (tertiary/aromatic N) is 2. The molecule has 1 heterocycles. The molecule has 17 heavy (non-hydrogen) atoms. The fourth-order valence-electron chi connectivity index (χ4n) is 1.53. The summed E-state index contributed by atoms with van der Waals surface area (Å²) in [6.07, 6.45) is 0. The van der Waals surface area contributed by atoms with Crippen molar-refractivity contribution in [1.29, 1.82) is 0 Å². The summed E-state index contributed by atoms with van der Waals surface area (Å²) in [4.78, 5) is 17.5. The van der Waals surface area contributed by atoms with Gasteiger partial charge in [-0.2, -0.15) is 0 Å². The monoisotopic (exact) mass is 234 g/mol. The van der Waals surface area contributed by atoms with Gasteiger partial charge in [-0.3, -0.25) is 10.1 Å². The minimum atomic E-state index is -0.420. The van der Waals surface area contributed by atoms with Crippen LogP contribution in [0.4, 0.5) is 11.6 Å². The van der Waals surface area contributed by atoms with E-state index in [-0.39, 0.29) is 11.2 Å². The molecule has 0 unspecified atom stereocenters. The highest BCUT2D eigenvalue weighted by Crippen LogP contribution is 2.21. The zero-order valence-corrected chi connectivity index (χ0v) is 9.94. The molecule has 90 valence electrons. The molecule has 0 saturated carbocycles. The molecule has 6 nitrogen and oxygen atoms in total. The van der Waals surface area contributed by atoms with Crippen LogP contribution in [-0.2, 0) is 0 Å². The summed E-state index contributed by atoms with van der Waals surface area (Å²) in [5, 5.41) is 13.8. The highest BCUT2D eigenvalue weighted by molar-refractivity contribution is 5.79. The molecule has 1 aromatic heterocycles. The van der Waals surface area contributed by atoms with Crippen LogP contribution in [0.5, 0.6) is 0 Å². The predicted octanol–water partition coefficient (Wildman–Crippen LogP) is 2.68. The fraction of sp³-hybridized carbons (Fsp3) is 0.364. The minimum absolute atomic E-state index is 0.0588. The molecular formula is C11H14N4O2. The number of nitro groups is 1. The van der Waals surface area contributed by atoms with E-state index >= 15 is 0 Å². The number of non-ortho nitro benzene ring substituents is 1. The van der Waals surface area contributed by atoms with E-state index in [1.165, 1.54) is 12.1 Å². The van der Waals surface area contributed by atoms with Crippen LogP contribution >= 0.6 is 0 Å². The van der Waals surface area contributed by atoms with E-state index in [0.717, 1.165) is 0 Å². The molecule has 0 amide bonds. The van der Waals surface area contributed by atoms with Gasteiger partial charge in [-0.15, -0.1) is 0 Å². The molecule has 1 aromatic carbocycles. The Morgan fingerprint density at radius 2 is 2.12 bits per heavy atom. The SMILES string of the molecule is CC(C)(C)Nc1nc2ccc([N+](=O)[O-])cc2[nH]1. The molecule has 2 rings (SSSR count). The smallest absolute Gasteiger partial charge is 0.271 e. The van der Waals surface area contributed by atoms with Crippen LogP contribution in [0.1, 0.15) is 20.8 Å². The number of aromatic nitrogens is 2. The van der Waals surface area contributed by atoms with Gasteiger partial charge in [-0.1, -0.05) is 0 Å². The summed E-state index contributed by atoms with van der Waals surface area (Å²) in [5.41, 5.74) is 1.32. The summed E-state index contributed by atoms with van der Waals surface area (Å²) in [5.74, 6) is 0.619. The first kappa shape index (κ1) is 11.4. The summed E-state index contributed by atoms with van der Waals surface area (Å²) in [6, 6.07) is 4.57. The van der Waals surface area contributed by atoms with Gasteiger partial charge in [-0.05, 0) is 26.8 Å². The molecule has 0 spiro atoms. The Labute approximate surface area is 98.2 Å². The Hall–Kier alpha value is -2.11. The number of hydrogen-bond acceptors (Lipinski definition) is 4. The Morgan fingerprint density at radius 3 is 2.71 bits per heavy atom. The summed E-state index contributed by atoms with van der Waals surface area (Å²) in [7, 11) is 0. The van der Waals surface area contributed by atoms with Crippen LogP contribution in [0.25, 0.3) is 11.0 Å². The maximum atomic E-state index is 10.6. The van der Waals surface area contributed by atoms with Crippen LogP contribution in [0, 0.1) is 10.1 Å². The quantitative estimate of drug-likeness (QED) is 0.618. The molecule has 2 aromatic rings. The molecule has 0 saturated heterocycles. The Balaban J connectivity index is 2.40. The van der Waals surface area contributed by atoms with Crippen molar-refractivity contribution in [3.8, 4) is 0 Å². The number of aromatic amines is 1. The lowest BCUT2D eigenvalue weighted by Gasteiger charge is -2.19. The highest BCUT2D eigenvalue weighted by atomic mass is 16.6. The first-order valence-electron chi connectivity index (χ1n) is 5.27. The topological polar surface area (TPSA) is 83.8 Å². The summed E-state index contributed by atoms with van der Waals surface area (Å²) in [6.45, 7) is 6.05. The number of imidazole rings is 1. The molecule has 0 radical (unpaired) electrons. The van der Waals surface area contributed by atoms with Gasteiger partial charge in [0.05, 0.1) is 16.0 Å². The van der Waals surface area contributed by atoms with Gasteiger partial charge in [0.2, 0.25) is 5.95 Å². The van der Waals surface area contributed by atoms with E-state index in [1.54, 1.807) is 6.07 Å². The van der Waals surface area contributed by atoms with E-state index in [4.69, 9.17) is 0 Å². The fourth-order valence-corrected chi connectivity index (χ4v) is 1.53. The van der Waals surface area contributed by atoms with E-state index in [1.807, 2.05) is 20.8 Å². The first-order valence-corrected chi connectivity index (χ1v) is 5.27. The van der Waals surface area contributed by atoms with Gasteiger partial charge in [-0.25, -0.2) is 4.98 Å². The summed E-state index contributed by atoms with van der Waals surface area (Å²) >= 11 is 0. The lowest BCUT2D eigenvalue weighted by Crippen LogP contribution is -2.26. The molecule has 0 aliphatic heterocycles. The lowest BCUT2D eigenvalue weighted by molar-refractivity contribution is -0.384. The average molecular weight is 234 g/mol. The van der Waals surface area contributed by atoms with Crippen molar-refractivity contribution >= 4 is 22.7 Å². The van der Waals surface area contributed by atoms with Crippen LogP contribution in [0.15, 0.2) is 18.2 Å². The molecular weight excluding hydrogens is 220 g/mol. The second-order valence-corrected chi connectivity index (χ2v) is 4.92. The maximum absolute atomic E-state index is 10.6. The molecule has 6 heteroatoms. The lowest BCUT2D eigenvalue weighted by atomic mass is 10.1. The van der Waals surface area contributed by atoms with Crippen molar-refractivity contribution < 1.29 is 4.92 Å². The zero-order chi connectivity index (χ0) is 12.6. The Morgan fingerprint density at radius 1 is 1.41 bits per heavy atom. The molecule has 0 atom stereocenters. The van der Waals surface area contributed by atoms with E-state index in [0.29, 0.717) is 17.0 Å². The number of rotatable bonds is 2.